The summed E-state index contributed by atoms with van der Waals surface area (Å²) in [6.45, 7) is 8.11. The van der Waals surface area contributed by atoms with Gasteiger partial charge in [0.15, 0.2) is 0 Å². The summed E-state index contributed by atoms with van der Waals surface area (Å²) in [4.78, 5) is 27.5. The molecule has 0 radical (unpaired) electrons. The average Bonchev–Trinajstić information content (AvgIpc) is 2.68. The van der Waals surface area contributed by atoms with Crippen LogP contribution in [0.25, 0.3) is 0 Å². The SMILES string of the molecule is CC[C@@H](C)NC(=O)[C@H](C)N(Cc1ccc(Cl)cc1)C(=O)Cc1ccccc1C. The van der Waals surface area contributed by atoms with Crippen LogP contribution in [0.5, 0.6) is 0 Å². The molecular formula is C23H29ClN2O2. The van der Waals surface area contributed by atoms with E-state index in [9.17, 15) is 9.59 Å². The van der Waals surface area contributed by atoms with Crippen molar-refractivity contribution in [2.24, 2.45) is 0 Å². The molecule has 28 heavy (non-hydrogen) atoms. The Labute approximate surface area is 172 Å². The second-order valence-corrected chi connectivity index (χ2v) is 7.68. The molecule has 2 amide bonds. The number of hydrogen-bond acceptors (Lipinski definition) is 2. The zero-order valence-corrected chi connectivity index (χ0v) is 17.8. The van der Waals surface area contributed by atoms with Crippen molar-refractivity contribution in [3.63, 3.8) is 0 Å². The summed E-state index contributed by atoms with van der Waals surface area (Å²) < 4.78 is 0. The van der Waals surface area contributed by atoms with Gasteiger partial charge >= 0.3 is 0 Å². The van der Waals surface area contributed by atoms with Gasteiger partial charge in [0.2, 0.25) is 11.8 Å². The Morgan fingerprint density at radius 1 is 1.07 bits per heavy atom. The number of benzene rings is 2. The minimum Gasteiger partial charge on any atom is -0.352 e. The lowest BCUT2D eigenvalue weighted by Crippen LogP contribution is -2.49. The quantitative estimate of drug-likeness (QED) is 0.708. The van der Waals surface area contributed by atoms with Gasteiger partial charge in [-0.25, -0.2) is 0 Å². The predicted molar refractivity (Wildman–Crippen MR) is 114 cm³/mol. The lowest BCUT2D eigenvalue weighted by molar-refractivity contribution is -0.140. The second kappa shape index (κ2) is 10.3. The zero-order chi connectivity index (χ0) is 20.7. The van der Waals surface area contributed by atoms with E-state index in [4.69, 9.17) is 11.6 Å². The predicted octanol–water partition coefficient (Wildman–Crippen LogP) is 4.52. The maximum atomic E-state index is 13.2. The Balaban J connectivity index is 2.23. The van der Waals surface area contributed by atoms with E-state index in [0.717, 1.165) is 23.1 Å². The maximum absolute atomic E-state index is 13.2. The Morgan fingerprint density at radius 2 is 1.71 bits per heavy atom. The van der Waals surface area contributed by atoms with Crippen molar-refractivity contribution >= 4 is 23.4 Å². The molecule has 0 unspecified atom stereocenters. The largest absolute Gasteiger partial charge is 0.352 e. The lowest BCUT2D eigenvalue weighted by atomic mass is 10.0. The molecule has 0 bridgehead atoms. The number of nitrogens with one attached hydrogen (secondary N) is 1. The van der Waals surface area contributed by atoms with Crippen LogP contribution in [0.15, 0.2) is 48.5 Å². The summed E-state index contributed by atoms with van der Waals surface area (Å²) in [5.74, 6) is -0.211. The molecule has 2 aromatic carbocycles. The smallest absolute Gasteiger partial charge is 0.242 e. The number of hydrogen-bond donors (Lipinski definition) is 1. The van der Waals surface area contributed by atoms with Crippen LogP contribution in [0.2, 0.25) is 5.02 Å². The van der Waals surface area contributed by atoms with Crippen LogP contribution < -0.4 is 5.32 Å². The van der Waals surface area contributed by atoms with Crippen LogP contribution in [0, 0.1) is 6.92 Å². The molecule has 0 saturated heterocycles. The molecule has 2 rings (SSSR count). The van der Waals surface area contributed by atoms with E-state index in [1.807, 2.05) is 57.2 Å². The molecule has 150 valence electrons. The Morgan fingerprint density at radius 3 is 2.32 bits per heavy atom. The van der Waals surface area contributed by atoms with Gasteiger partial charge in [-0.1, -0.05) is 54.9 Å². The van der Waals surface area contributed by atoms with Crippen molar-refractivity contribution in [3.8, 4) is 0 Å². The third-order valence-electron chi connectivity index (χ3n) is 5.04. The van der Waals surface area contributed by atoms with E-state index in [0.29, 0.717) is 11.6 Å². The second-order valence-electron chi connectivity index (χ2n) is 7.25. The minimum atomic E-state index is -0.568. The maximum Gasteiger partial charge on any atom is 0.242 e. The molecule has 5 heteroatoms. The van der Waals surface area contributed by atoms with Gasteiger partial charge in [0, 0.05) is 17.6 Å². The van der Waals surface area contributed by atoms with Crippen LogP contribution in [0.1, 0.15) is 43.9 Å². The Bertz CT molecular complexity index is 805. The molecular weight excluding hydrogens is 372 g/mol. The van der Waals surface area contributed by atoms with E-state index >= 15 is 0 Å². The standard InChI is InChI=1S/C23H29ClN2O2/c1-5-17(3)25-23(28)18(4)26(15-19-10-12-21(24)13-11-19)22(27)14-20-9-7-6-8-16(20)2/h6-13,17-18H,5,14-15H2,1-4H3,(H,25,28)/t17-,18+/m1/s1. The summed E-state index contributed by atoms with van der Waals surface area (Å²) in [7, 11) is 0. The van der Waals surface area contributed by atoms with Crippen molar-refractivity contribution in [1.29, 1.82) is 0 Å². The van der Waals surface area contributed by atoms with Gasteiger partial charge in [0.25, 0.3) is 0 Å². The molecule has 0 saturated carbocycles. The van der Waals surface area contributed by atoms with Crippen molar-refractivity contribution in [3.05, 3.63) is 70.2 Å². The van der Waals surface area contributed by atoms with Crippen LogP contribution in [-0.2, 0) is 22.6 Å². The summed E-state index contributed by atoms with van der Waals surface area (Å²) in [6.07, 6.45) is 1.11. The minimum absolute atomic E-state index is 0.0683. The third-order valence-corrected chi connectivity index (χ3v) is 5.29. The normalized spacial score (nSPS) is 12.9. The molecule has 0 aliphatic carbocycles. The number of carbonyl (C=O) groups is 2. The first kappa shape index (κ1) is 22.0. The van der Waals surface area contributed by atoms with Gasteiger partial charge in [0.1, 0.15) is 6.04 Å². The van der Waals surface area contributed by atoms with Crippen molar-refractivity contribution < 1.29 is 9.59 Å². The highest BCUT2D eigenvalue weighted by Gasteiger charge is 2.27. The topological polar surface area (TPSA) is 49.4 Å². The summed E-state index contributed by atoms with van der Waals surface area (Å²) in [5.41, 5.74) is 2.98. The number of rotatable bonds is 8. The zero-order valence-electron chi connectivity index (χ0n) is 17.0. The fourth-order valence-electron chi connectivity index (χ4n) is 2.91. The van der Waals surface area contributed by atoms with E-state index < -0.39 is 6.04 Å². The molecule has 0 spiro atoms. The lowest BCUT2D eigenvalue weighted by Gasteiger charge is -2.30. The first-order valence-electron chi connectivity index (χ1n) is 9.70. The highest BCUT2D eigenvalue weighted by Crippen LogP contribution is 2.16. The molecule has 1 N–H and O–H groups in total. The highest BCUT2D eigenvalue weighted by molar-refractivity contribution is 6.30. The summed E-state index contributed by atoms with van der Waals surface area (Å²) in [6, 6.07) is 14.7. The first-order valence-corrected chi connectivity index (χ1v) is 10.1. The fourth-order valence-corrected chi connectivity index (χ4v) is 3.03. The third kappa shape index (κ3) is 6.10. The van der Waals surface area contributed by atoms with Gasteiger partial charge in [-0.15, -0.1) is 0 Å². The van der Waals surface area contributed by atoms with Crippen molar-refractivity contribution in [2.75, 3.05) is 0 Å². The van der Waals surface area contributed by atoms with Crippen molar-refractivity contribution in [1.82, 2.24) is 10.2 Å². The molecule has 4 nitrogen and oxygen atoms in total. The van der Waals surface area contributed by atoms with Gasteiger partial charge in [-0.2, -0.15) is 0 Å². The van der Waals surface area contributed by atoms with E-state index in [-0.39, 0.29) is 24.3 Å². The number of aryl methyl sites for hydroxylation is 1. The molecule has 0 aliphatic rings. The van der Waals surface area contributed by atoms with E-state index in [1.54, 1.807) is 24.0 Å². The van der Waals surface area contributed by atoms with E-state index in [2.05, 4.69) is 5.32 Å². The molecule has 2 atom stereocenters. The first-order chi connectivity index (χ1) is 13.3. The van der Waals surface area contributed by atoms with Gasteiger partial charge in [0.05, 0.1) is 6.42 Å². The Hall–Kier alpha value is -2.33. The van der Waals surface area contributed by atoms with Crippen LogP contribution in [0.3, 0.4) is 0 Å². The van der Waals surface area contributed by atoms with Gasteiger partial charge < -0.3 is 10.2 Å². The van der Waals surface area contributed by atoms with Crippen LogP contribution in [0.4, 0.5) is 0 Å². The number of carbonyl (C=O) groups excluding carboxylic acids is 2. The molecule has 0 aromatic heterocycles. The molecule has 0 heterocycles. The molecule has 0 aliphatic heterocycles. The fraction of sp³-hybridized carbons (Fsp3) is 0.391. The number of amides is 2. The van der Waals surface area contributed by atoms with Crippen LogP contribution in [-0.4, -0.2) is 28.8 Å². The molecule has 0 fully saturated rings. The monoisotopic (exact) mass is 400 g/mol. The van der Waals surface area contributed by atoms with Gasteiger partial charge in [-0.3, -0.25) is 9.59 Å². The Kier molecular flexibility index (Phi) is 8.06. The van der Waals surface area contributed by atoms with E-state index in [1.165, 1.54) is 0 Å². The van der Waals surface area contributed by atoms with Crippen molar-refractivity contribution in [2.45, 2.75) is 59.2 Å². The summed E-state index contributed by atoms with van der Waals surface area (Å²) in [5, 5.41) is 3.62. The highest BCUT2D eigenvalue weighted by atomic mass is 35.5. The molecule has 2 aromatic rings. The summed E-state index contributed by atoms with van der Waals surface area (Å²) >= 11 is 5.98. The average molecular weight is 401 g/mol. The number of halogens is 1. The number of nitrogens with zero attached hydrogens (tertiary/aromatic N) is 1. The van der Waals surface area contributed by atoms with Gasteiger partial charge in [-0.05, 0) is 56.0 Å². The van der Waals surface area contributed by atoms with Crippen LogP contribution >= 0.6 is 11.6 Å².